The second kappa shape index (κ2) is 9.81. The number of hydrogen-bond donors (Lipinski definition) is 2. The van der Waals surface area contributed by atoms with Crippen molar-refractivity contribution in [2.45, 2.75) is 20.3 Å². The third-order valence-electron chi connectivity index (χ3n) is 4.95. The van der Waals surface area contributed by atoms with Crippen LogP contribution in [0.15, 0.2) is 36.4 Å². The molecule has 160 valence electrons. The molecular weight excluding hydrogens is 392 g/mol. The van der Waals surface area contributed by atoms with E-state index in [-0.39, 0.29) is 5.91 Å². The normalized spacial score (nSPS) is 10.4. The van der Waals surface area contributed by atoms with Crippen LogP contribution in [-0.4, -0.2) is 38.2 Å². The Kier molecular flexibility index (Phi) is 6.93. The molecule has 1 aromatic heterocycles. The second-order valence-electron chi connectivity index (χ2n) is 7.28. The fourth-order valence-corrected chi connectivity index (χ4v) is 3.39. The number of pyridine rings is 1. The van der Waals surface area contributed by atoms with Crippen LogP contribution in [0.4, 0.5) is 5.82 Å². The first-order chi connectivity index (χ1) is 14.9. The van der Waals surface area contributed by atoms with Gasteiger partial charge < -0.3 is 20.1 Å². The SMILES string of the molecule is COc1cc(OC)cc(C(=O)NCCCNc2nc3cc(C)cc(C)c3cc2C#N)c1. The number of fused-ring (bicyclic) bond motifs is 1. The quantitative estimate of drug-likeness (QED) is 0.537. The van der Waals surface area contributed by atoms with Crippen LogP contribution in [0.25, 0.3) is 10.9 Å². The van der Waals surface area contributed by atoms with Gasteiger partial charge in [0.1, 0.15) is 23.4 Å². The smallest absolute Gasteiger partial charge is 0.251 e. The molecule has 0 saturated heterocycles. The van der Waals surface area contributed by atoms with Crippen molar-refractivity contribution < 1.29 is 14.3 Å². The molecule has 0 saturated carbocycles. The highest BCUT2D eigenvalue weighted by atomic mass is 16.5. The average Bonchev–Trinajstić information content (AvgIpc) is 2.77. The van der Waals surface area contributed by atoms with Gasteiger partial charge in [0.05, 0.1) is 25.3 Å². The molecule has 0 aliphatic heterocycles. The van der Waals surface area contributed by atoms with Gasteiger partial charge in [0.25, 0.3) is 5.91 Å². The molecule has 3 aromatic rings. The van der Waals surface area contributed by atoms with Gasteiger partial charge in [-0.25, -0.2) is 4.98 Å². The van der Waals surface area contributed by atoms with Crippen molar-refractivity contribution in [2.75, 3.05) is 32.6 Å². The Morgan fingerprint density at radius 2 is 1.74 bits per heavy atom. The highest BCUT2D eigenvalue weighted by Gasteiger charge is 2.11. The molecule has 2 N–H and O–H groups in total. The van der Waals surface area contributed by atoms with Gasteiger partial charge in [0.2, 0.25) is 0 Å². The molecule has 2 aromatic carbocycles. The minimum atomic E-state index is -0.204. The van der Waals surface area contributed by atoms with Crippen LogP contribution in [0.3, 0.4) is 0 Å². The number of anilines is 1. The first-order valence-electron chi connectivity index (χ1n) is 10.0. The average molecular weight is 418 g/mol. The van der Waals surface area contributed by atoms with Crippen LogP contribution < -0.4 is 20.1 Å². The molecule has 0 bridgehead atoms. The number of nitrogens with zero attached hydrogens (tertiary/aromatic N) is 2. The van der Waals surface area contributed by atoms with Crippen LogP contribution in [0, 0.1) is 25.2 Å². The number of rotatable bonds is 8. The fourth-order valence-electron chi connectivity index (χ4n) is 3.39. The Morgan fingerprint density at radius 1 is 1.03 bits per heavy atom. The summed E-state index contributed by atoms with van der Waals surface area (Å²) in [5, 5.41) is 16.6. The van der Waals surface area contributed by atoms with E-state index in [0.29, 0.717) is 48.0 Å². The molecule has 1 amide bonds. The minimum absolute atomic E-state index is 0.204. The third kappa shape index (κ3) is 5.23. The van der Waals surface area contributed by atoms with E-state index in [0.717, 1.165) is 22.0 Å². The van der Waals surface area contributed by atoms with E-state index in [9.17, 15) is 10.1 Å². The molecule has 0 aliphatic rings. The van der Waals surface area contributed by atoms with Crippen molar-refractivity contribution in [2.24, 2.45) is 0 Å². The molecule has 31 heavy (non-hydrogen) atoms. The van der Waals surface area contributed by atoms with Crippen molar-refractivity contribution in [1.29, 1.82) is 5.26 Å². The van der Waals surface area contributed by atoms with Crippen LogP contribution in [-0.2, 0) is 0 Å². The number of benzene rings is 2. The Hall–Kier alpha value is -3.79. The van der Waals surface area contributed by atoms with Crippen molar-refractivity contribution in [3.8, 4) is 17.6 Å². The van der Waals surface area contributed by atoms with Crippen molar-refractivity contribution >= 4 is 22.6 Å². The van der Waals surface area contributed by atoms with Gasteiger partial charge >= 0.3 is 0 Å². The van der Waals surface area contributed by atoms with E-state index in [4.69, 9.17) is 9.47 Å². The maximum Gasteiger partial charge on any atom is 0.251 e. The Bertz CT molecular complexity index is 1130. The monoisotopic (exact) mass is 418 g/mol. The summed E-state index contributed by atoms with van der Waals surface area (Å²) in [7, 11) is 3.09. The summed E-state index contributed by atoms with van der Waals surface area (Å²) in [5.41, 5.74) is 4.07. The lowest BCUT2D eigenvalue weighted by Gasteiger charge is -2.12. The molecule has 1 heterocycles. The number of ether oxygens (including phenoxy) is 2. The molecule has 0 radical (unpaired) electrons. The Labute approximate surface area is 182 Å². The van der Waals surface area contributed by atoms with E-state index in [2.05, 4.69) is 27.8 Å². The molecule has 0 unspecified atom stereocenters. The first kappa shape index (κ1) is 21.9. The van der Waals surface area contributed by atoms with E-state index < -0.39 is 0 Å². The van der Waals surface area contributed by atoms with Gasteiger partial charge in [-0.05, 0) is 55.7 Å². The van der Waals surface area contributed by atoms with Crippen molar-refractivity contribution in [1.82, 2.24) is 10.3 Å². The van der Waals surface area contributed by atoms with Crippen molar-refractivity contribution in [3.05, 3.63) is 58.7 Å². The molecule has 0 aliphatic carbocycles. The summed E-state index contributed by atoms with van der Waals surface area (Å²) in [6.07, 6.45) is 0.671. The van der Waals surface area contributed by atoms with E-state index in [1.165, 1.54) is 0 Å². The summed E-state index contributed by atoms with van der Waals surface area (Å²) in [5.74, 6) is 1.47. The van der Waals surface area contributed by atoms with E-state index >= 15 is 0 Å². The zero-order chi connectivity index (χ0) is 22.4. The second-order valence-corrected chi connectivity index (χ2v) is 7.28. The highest BCUT2D eigenvalue weighted by Crippen LogP contribution is 2.24. The predicted octanol–water partition coefficient (Wildman–Crippen LogP) is 3.97. The molecule has 3 rings (SSSR count). The van der Waals surface area contributed by atoms with Gasteiger partial charge in [0.15, 0.2) is 0 Å². The van der Waals surface area contributed by atoms with E-state index in [1.807, 2.05) is 26.0 Å². The molecule has 7 nitrogen and oxygen atoms in total. The maximum atomic E-state index is 12.4. The van der Waals surface area contributed by atoms with E-state index in [1.54, 1.807) is 32.4 Å². The van der Waals surface area contributed by atoms with Crippen LogP contribution in [0.5, 0.6) is 11.5 Å². The summed E-state index contributed by atoms with van der Waals surface area (Å²) < 4.78 is 10.4. The zero-order valence-corrected chi connectivity index (χ0v) is 18.2. The molecule has 0 fully saturated rings. The van der Waals surface area contributed by atoms with Gasteiger partial charge in [-0.3, -0.25) is 4.79 Å². The molecular formula is C24H26N4O3. The number of methoxy groups -OCH3 is 2. The lowest BCUT2D eigenvalue weighted by Crippen LogP contribution is -2.26. The number of carbonyl (C=O) groups is 1. The zero-order valence-electron chi connectivity index (χ0n) is 18.2. The number of carbonyl (C=O) groups excluding carboxylic acids is 1. The Morgan fingerprint density at radius 3 is 2.39 bits per heavy atom. The minimum Gasteiger partial charge on any atom is -0.497 e. The number of amides is 1. The lowest BCUT2D eigenvalue weighted by atomic mass is 10.0. The van der Waals surface area contributed by atoms with Crippen molar-refractivity contribution in [3.63, 3.8) is 0 Å². The standard InChI is InChI=1S/C24H26N4O3/c1-15-8-16(2)21-12-18(14-25)23(28-22(21)9-15)26-6-5-7-27-24(29)17-10-19(30-3)13-20(11-17)31-4/h8-13H,5-7H2,1-4H3,(H,26,28)(H,27,29). The fraction of sp³-hybridized carbons (Fsp3) is 0.292. The number of nitrogens with one attached hydrogen (secondary N) is 2. The summed E-state index contributed by atoms with van der Waals surface area (Å²) in [6.45, 7) is 5.09. The number of hydrogen-bond acceptors (Lipinski definition) is 6. The molecule has 0 spiro atoms. The topological polar surface area (TPSA) is 96.3 Å². The maximum absolute atomic E-state index is 12.4. The first-order valence-corrected chi connectivity index (χ1v) is 10.0. The molecule has 7 heteroatoms. The summed E-state index contributed by atoms with van der Waals surface area (Å²) >= 11 is 0. The van der Waals surface area contributed by atoms with Gasteiger partial charge in [-0.2, -0.15) is 5.26 Å². The van der Waals surface area contributed by atoms with Crippen LogP contribution in [0.1, 0.15) is 33.5 Å². The number of aromatic nitrogens is 1. The number of aryl methyl sites for hydroxylation is 2. The predicted molar refractivity (Wildman–Crippen MR) is 121 cm³/mol. The third-order valence-corrected chi connectivity index (χ3v) is 4.95. The van der Waals surface area contributed by atoms with Gasteiger partial charge in [0, 0.05) is 30.1 Å². The highest BCUT2D eigenvalue weighted by molar-refractivity contribution is 5.95. The van der Waals surface area contributed by atoms with Gasteiger partial charge in [-0.1, -0.05) is 6.07 Å². The number of nitriles is 1. The lowest BCUT2D eigenvalue weighted by molar-refractivity contribution is 0.0953. The van der Waals surface area contributed by atoms with Crippen LogP contribution in [0.2, 0.25) is 0 Å². The largest absolute Gasteiger partial charge is 0.497 e. The summed E-state index contributed by atoms with van der Waals surface area (Å²) in [6, 6.07) is 13.2. The van der Waals surface area contributed by atoms with Crippen LogP contribution >= 0.6 is 0 Å². The van der Waals surface area contributed by atoms with Gasteiger partial charge in [-0.15, -0.1) is 0 Å². The Balaban J connectivity index is 1.59. The molecule has 0 atom stereocenters. The summed E-state index contributed by atoms with van der Waals surface area (Å²) in [4.78, 5) is 17.1.